The van der Waals surface area contributed by atoms with Crippen LogP contribution in [0.25, 0.3) is 0 Å². The monoisotopic (exact) mass is 347 g/mol. The Morgan fingerprint density at radius 2 is 2.29 bits per heavy atom. The highest BCUT2D eigenvalue weighted by Crippen LogP contribution is 2.30. The van der Waals surface area contributed by atoms with Crippen LogP contribution in [-0.2, 0) is 17.6 Å². The average molecular weight is 347 g/mol. The third kappa shape index (κ3) is 3.69. The summed E-state index contributed by atoms with van der Waals surface area (Å²) in [5.74, 6) is 1.45. The highest BCUT2D eigenvalue weighted by atomic mass is 32.1. The second-order valence-electron chi connectivity index (χ2n) is 6.51. The van der Waals surface area contributed by atoms with Crippen LogP contribution in [0, 0.1) is 13.8 Å². The Hall–Kier alpha value is -1.69. The predicted octanol–water partition coefficient (Wildman–Crippen LogP) is 3.65. The Bertz CT molecular complexity index is 687. The van der Waals surface area contributed by atoms with E-state index < -0.39 is 0 Å². The Morgan fingerprint density at radius 1 is 1.46 bits per heavy atom. The van der Waals surface area contributed by atoms with Crippen molar-refractivity contribution in [1.29, 1.82) is 0 Å². The maximum absolute atomic E-state index is 12.6. The number of aromatic nitrogens is 2. The van der Waals surface area contributed by atoms with Crippen LogP contribution in [0.3, 0.4) is 0 Å². The summed E-state index contributed by atoms with van der Waals surface area (Å²) in [6.07, 6.45) is 4.39. The predicted molar refractivity (Wildman–Crippen MR) is 94.3 cm³/mol. The summed E-state index contributed by atoms with van der Waals surface area (Å²) in [6, 6.07) is 0. The van der Waals surface area contributed by atoms with E-state index in [2.05, 4.69) is 17.5 Å². The van der Waals surface area contributed by atoms with E-state index in [-0.39, 0.29) is 5.91 Å². The zero-order valence-corrected chi connectivity index (χ0v) is 15.5. The highest BCUT2D eigenvalue weighted by molar-refractivity contribution is 7.09. The first-order valence-electron chi connectivity index (χ1n) is 8.72. The molecule has 3 heterocycles. The Labute approximate surface area is 147 Å². The van der Waals surface area contributed by atoms with Gasteiger partial charge in [-0.2, -0.15) is 0 Å². The summed E-state index contributed by atoms with van der Waals surface area (Å²) < 4.78 is 5.18. The zero-order valence-electron chi connectivity index (χ0n) is 14.7. The number of amides is 1. The van der Waals surface area contributed by atoms with Gasteiger partial charge in [0, 0.05) is 36.4 Å². The molecule has 2 aromatic heterocycles. The van der Waals surface area contributed by atoms with Crippen LogP contribution in [0.4, 0.5) is 0 Å². The second-order valence-corrected chi connectivity index (χ2v) is 7.40. The van der Waals surface area contributed by atoms with Crippen molar-refractivity contribution in [1.82, 2.24) is 15.0 Å². The second kappa shape index (κ2) is 7.47. The van der Waals surface area contributed by atoms with E-state index >= 15 is 0 Å². The molecule has 130 valence electrons. The molecule has 1 aliphatic rings. The van der Waals surface area contributed by atoms with E-state index in [9.17, 15) is 4.79 Å². The molecule has 0 spiro atoms. The van der Waals surface area contributed by atoms with Gasteiger partial charge in [-0.1, -0.05) is 12.1 Å². The van der Waals surface area contributed by atoms with Crippen LogP contribution < -0.4 is 0 Å². The summed E-state index contributed by atoms with van der Waals surface area (Å²) in [4.78, 5) is 19.3. The minimum absolute atomic E-state index is 0.229. The number of carbonyl (C=O) groups is 1. The SMILES string of the molecule is CCc1csc([C@@H]2CCCN(C(=O)CCc3c(C)noc3C)C2)n1. The Balaban J connectivity index is 1.58. The minimum atomic E-state index is 0.229. The molecule has 1 saturated heterocycles. The van der Waals surface area contributed by atoms with Crippen LogP contribution in [0.15, 0.2) is 9.90 Å². The fourth-order valence-electron chi connectivity index (χ4n) is 3.33. The molecule has 0 aromatic carbocycles. The summed E-state index contributed by atoms with van der Waals surface area (Å²) in [5, 5.41) is 7.30. The van der Waals surface area contributed by atoms with Crippen molar-refractivity contribution in [2.45, 2.75) is 58.8 Å². The van der Waals surface area contributed by atoms with Gasteiger partial charge in [-0.3, -0.25) is 4.79 Å². The first kappa shape index (κ1) is 17.1. The van der Waals surface area contributed by atoms with E-state index in [4.69, 9.17) is 9.51 Å². The van der Waals surface area contributed by atoms with Crippen LogP contribution in [-0.4, -0.2) is 34.0 Å². The van der Waals surface area contributed by atoms with Crippen molar-refractivity contribution in [2.75, 3.05) is 13.1 Å². The third-order valence-electron chi connectivity index (χ3n) is 4.83. The normalized spacial score (nSPS) is 18.1. The molecular weight excluding hydrogens is 322 g/mol. The molecule has 1 atom stereocenters. The van der Waals surface area contributed by atoms with Crippen LogP contribution in [0.2, 0.25) is 0 Å². The molecule has 24 heavy (non-hydrogen) atoms. The van der Waals surface area contributed by atoms with Gasteiger partial charge in [0.15, 0.2) is 0 Å². The molecule has 0 bridgehead atoms. The number of likely N-dealkylation sites (tertiary alicyclic amines) is 1. The van der Waals surface area contributed by atoms with Gasteiger partial charge in [0.05, 0.1) is 16.4 Å². The quantitative estimate of drug-likeness (QED) is 0.828. The standard InChI is InChI=1S/C18H25N3O2S/c1-4-15-11-24-18(19-15)14-6-5-9-21(10-14)17(22)8-7-16-12(2)20-23-13(16)3/h11,14H,4-10H2,1-3H3/t14-/m1/s1. The lowest BCUT2D eigenvalue weighted by Crippen LogP contribution is -2.39. The zero-order chi connectivity index (χ0) is 17.1. The molecule has 5 nitrogen and oxygen atoms in total. The summed E-state index contributed by atoms with van der Waals surface area (Å²) >= 11 is 1.74. The minimum Gasteiger partial charge on any atom is -0.361 e. The number of piperidine rings is 1. The van der Waals surface area contributed by atoms with Gasteiger partial charge in [0.2, 0.25) is 5.91 Å². The van der Waals surface area contributed by atoms with Crippen molar-refractivity contribution in [3.8, 4) is 0 Å². The molecule has 1 aliphatic heterocycles. The third-order valence-corrected chi connectivity index (χ3v) is 5.88. The lowest BCUT2D eigenvalue weighted by molar-refractivity contribution is -0.132. The number of carbonyl (C=O) groups excluding carboxylic acids is 1. The molecule has 1 amide bonds. The highest BCUT2D eigenvalue weighted by Gasteiger charge is 2.26. The van der Waals surface area contributed by atoms with E-state index in [0.29, 0.717) is 18.8 Å². The summed E-state index contributed by atoms with van der Waals surface area (Å²) in [7, 11) is 0. The first-order valence-corrected chi connectivity index (χ1v) is 9.60. The van der Waals surface area contributed by atoms with Crippen LogP contribution in [0.5, 0.6) is 0 Å². The molecule has 0 N–H and O–H groups in total. The smallest absolute Gasteiger partial charge is 0.222 e. The number of thiazole rings is 1. The molecule has 2 aromatic rings. The largest absolute Gasteiger partial charge is 0.361 e. The number of aryl methyl sites for hydroxylation is 3. The van der Waals surface area contributed by atoms with Crippen molar-refractivity contribution in [3.05, 3.63) is 33.1 Å². The fraction of sp³-hybridized carbons (Fsp3) is 0.611. The van der Waals surface area contributed by atoms with Crippen molar-refractivity contribution < 1.29 is 9.32 Å². The fourth-order valence-corrected chi connectivity index (χ4v) is 4.36. The summed E-state index contributed by atoms with van der Waals surface area (Å²) in [6.45, 7) is 7.63. The molecular formula is C18H25N3O2S. The van der Waals surface area contributed by atoms with Gasteiger partial charge in [-0.25, -0.2) is 4.98 Å². The maximum Gasteiger partial charge on any atom is 0.222 e. The molecule has 0 saturated carbocycles. The van der Waals surface area contributed by atoms with Crippen LogP contribution in [0.1, 0.15) is 59.8 Å². The van der Waals surface area contributed by atoms with E-state index in [0.717, 1.165) is 55.1 Å². The molecule has 3 rings (SSSR count). The van der Waals surface area contributed by atoms with Crippen molar-refractivity contribution in [2.24, 2.45) is 0 Å². The average Bonchev–Trinajstić information content (AvgIpc) is 3.20. The topological polar surface area (TPSA) is 59.2 Å². The molecule has 0 unspecified atom stereocenters. The Kier molecular flexibility index (Phi) is 5.33. The molecule has 1 fully saturated rings. The van der Waals surface area contributed by atoms with Crippen LogP contribution >= 0.6 is 11.3 Å². The van der Waals surface area contributed by atoms with E-state index in [1.54, 1.807) is 11.3 Å². The van der Waals surface area contributed by atoms with Gasteiger partial charge in [-0.15, -0.1) is 11.3 Å². The number of nitrogens with zero attached hydrogens (tertiary/aromatic N) is 3. The lowest BCUT2D eigenvalue weighted by atomic mass is 9.98. The Morgan fingerprint density at radius 3 is 2.96 bits per heavy atom. The number of hydrogen-bond donors (Lipinski definition) is 0. The first-order chi connectivity index (χ1) is 11.6. The maximum atomic E-state index is 12.6. The van der Waals surface area contributed by atoms with Crippen molar-refractivity contribution in [3.63, 3.8) is 0 Å². The van der Waals surface area contributed by atoms with Crippen molar-refractivity contribution >= 4 is 17.2 Å². The van der Waals surface area contributed by atoms with E-state index in [1.165, 1.54) is 5.01 Å². The lowest BCUT2D eigenvalue weighted by Gasteiger charge is -2.32. The van der Waals surface area contributed by atoms with Gasteiger partial charge in [0.25, 0.3) is 0 Å². The van der Waals surface area contributed by atoms with Gasteiger partial charge >= 0.3 is 0 Å². The molecule has 0 radical (unpaired) electrons. The molecule has 0 aliphatic carbocycles. The molecule has 6 heteroatoms. The number of rotatable bonds is 5. The van der Waals surface area contributed by atoms with E-state index in [1.807, 2.05) is 18.7 Å². The number of hydrogen-bond acceptors (Lipinski definition) is 5. The van der Waals surface area contributed by atoms with Gasteiger partial charge < -0.3 is 9.42 Å². The van der Waals surface area contributed by atoms with Gasteiger partial charge in [0.1, 0.15) is 5.76 Å². The summed E-state index contributed by atoms with van der Waals surface area (Å²) in [5.41, 5.74) is 3.13. The van der Waals surface area contributed by atoms with Gasteiger partial charge in [-0.05, 0) is 39.5 Å².